The molecule has 0 saturated carbocycles. The minimum Gasteiger partial charge on any atom is -0.413 e. The number of nitrogens with zero attached hydrogens (tertiary/aromatic N) is 3. The molecular weight excluding hydrogens is 6220 g/mol. The van der Waals surface area contributed by atoms with E-state index in [4.69, 9.17) is 0 Å². The van der Waals surface area contributed by atoms with Crippen molar-refractivity contribution in [3.63, 3.8) is 0 Å². The van der Waals surface area contributed by atoms with Gasteiger partial charge >= 0.3 is 0 Å². The summed E-state index contributed by atoms with van der Waals surface area (Å²) < 4.78 is 0. The third kappa shape index (κ3) is 376. The average Bonchev–Trinajstić information content (AvgIpc) is 2.30. The molecule has 0 saturated heterocycles. The second-order valence-corrected chi connectivity index (χ2v) is 2.81. The minimum atomic E-state index is 0. The maximum Gasteiger partial charge on any atom is 0.00506 e. The van der Waals surface area contributed by atoms with Crippen LogP contribution in [0.2, 0.25) is 0 Å². The summed E-state index contributed by atoms with van der Waals surface area (Å²) >= 11 is 0. The van der Waals surface area contributed by atoms with Gasteiger partial charge in [-0.15, -0.1) is 11.4 Å². The van der Waals surface area contributed by atoms with Crippen molar-refractivity contribution in [3.05, 3.63) is 49.1 Å². The molecular formula is C11H9N3Y68-2. The Morgan fingerprint density at radius 3 is 0.329 bits per heavy atom. The average molecular weight is 6230 g/mol. The zero-order valence-electron chi connectivity index (χ0n) is 47.1. The molecule has 0 fully saturated rings. The van der Waals surface area contributed by atoms with Crippen LogP contribution in [0, 0.1) is 12.1 Å². The van der Waals surface area contributed by atoms with Crippen LogP contribution >= 0.6 is 0 Å². The molecule has 0 bridgehead atoms. The molecule has 0 aliphatic carbocycles. The third-order valence-electron chi connectivity index (χ3n) is 1.93. The predicted molar refractivity (Wildman–Crippen MR) is 54.2 cm³/mol. The molecule has 0 aromatic carbocycles. The molecule has 68 radical (unpaired) electrons. The van der Waals surface area contributed by atoms with Crippen molar-refractivity contribution in [2.24, 2.45) is 0 Å². The van der Waals surface area contributed by atoms with E-state index in [0.717, 1.165) is 11.4 Å². The van der Waals surface area contributed by atoms with Crippen LogP contribution < -0.4 is 4.90 Å². The van der Waals surface area contributed by atoms with Crippen molar-refractivity contribution < 1.29 is 2220 Å². The van der Waals surface area contributed by atoms with Crippen LogP contribution in [0.15, 0.2) is 36.9 Å². The van der Waals surface area contributed by atoms with Crippen molar-refractivity contribution >= 4 is 11.4 Å². The summed E-state index contributed by atoms with van der Waals surface area (Å²) in [5, 5.41) is 0. The normalized spacial score (nSPS) is 1.67. The van der Waals surface area contributed by atoms with Crippen molar-refractivity contribution in [2.75, 3.05) is 11.9 Å². The Hall–Kier alpha value is 73.2. The second kappa shape index (κ2) is 426. The van der Waals surface area contributed by atoms with Crippen LogP contribution in [0.4, 0.5) is 11.4 Å². The fourth-order valence-corrected chi connectivity index (χ4v) is 1.16. The van der Waals surface area contributed by atoms with Gasteiger partial charge in [0.1, 0.15) is 0 Å². The molecule has 2 heterocycles. The van der Waals surface area contributed by atoms with Crippen LogP contribution in [-0.2, 0) is 2220 Å². The number of hydrogen-bond acceptors (Lipinski definition) is 3. The van der Waals surface area contributed by atoms with Gasteiger partial charge in [0.15, 0.2) is 0 Å². The Morgan fingerprint density at radius 1 is 0.183 bits per heavy atom. The first-order chi connectivity index (χ1) is 6.88. The monoisotopic (exact) mass is 6230 g/mol. The maximum atomic E-state index is 3.92. The Labute approximate surface area is 2220 Å². The summed E-state index contributed by atoms with van der Waals surface area (Å²) in [4.78, 5) is 9.81. The van der Waals surface area contributed by atoms with E-state index in [1.807, 2.05) is 24.1 Å². The quantitative estimate of drug-likeness (QED) is 0.430. The largest absolute Gasteiger partial charge is 0.413 e. The summed E-state index contributed by atoms with van der Waals surface area (Å²) in [5.41, 5.74) is 1.92. The minimum absolute atomic E-state index is 0. The molecule has 2 aromatic heterocycles. The SMILES string of the molecule is CN(c1[c-]cncc1)c1[c-]cncc1.[Y].[Y].[Y].[Y].[Y].[Y].[Y].[Y].[Y].[Y].[Y].[Y].[Y].[Y].[Y].[Y].[Y].[Y].[Y].[Y].[Y].[Y].[Y].[Y].[Y].[Y].[Y].[Y].[Y].[Y].[Y].[Y].[Y].[Y].[Y].[Y].[Y].[Y].[Y].[Y].[Y].[Y].[Y].[Y].[Y].[Y].[Y].[Y].[Y].[Y].[Y].[Y].[Y].[Y].[Y].[Y].[Y].[Y].[Y].[Y].[Y].[Y].[Y].[Y].[Y].[Y].[Y].[Y]. The van der Waals surface area contributed by atoms with E-state index < -0.39 is 0 Å². The Morgan fingerprint density at radius 2 is 0.268 bits per heavy atom. The van der Waals surface area contributed by atoms with Gasteiger partial charge in [-0.2, -0.15) is 12.1 Å². The summed E-state index contributed by atoms with van der Waals surface area (Å²) in [5.74, 6) is 0. The van der Waals surface area contributed by atoms with Gasteiger partial charge in [-0.3, -0.25) is 0 Å². The van der Waals surface area contributed by atoms with E-state index in [9.17, 15) is 0 Å². The Bertz CT molecular complexity index is 400. The number of aromatic nitrogens is 2. The van der Waals surface area contributed by atoms with Crippen LogP contribution in [-0.4, -0.2) is 17.0 Å². The van der Waals surface area contributed by atoms with E-state index in [0.29, 0.717) is 0 Å². The maximum absolute atomic E-state index is 3.92. The molecule has 2 rings (SSSR count). The molecule has 71 heteroatoms. The third-order valence-corrected chi connectivity index (χ3v) is 1.93. The zero-order chi connectivity index (χ0) is 9.80. The van der Waals surface area contributed by atoms with Crippen molar-refractivity contribution in [3.8, 4) is 0 Å². The van der Waals surface area contributed by atoms with Gasteiger partial charge in [-0.05, 0) is 0 Å². The molecule has 0 amide bonds. The molecule has 3 nitrogen and oxygen atoms in total. The molecule has 0 spiro atoms. The Balaban J connectivity index is -0.000000000509. The van der Waals surface area contributed by atoms with Crippen molar-refractivity contribution in [1.82, 2.24) is 9.97 Å². The van der Waals surface area contributed by atoms with E-state index in [1.54, 1.807) is 24.8 Å². The Kier molecular flexibility index (Phi) is 2460. The van der Waals surface area contributed by atoms with Crippen LogP contribution in [0.25, 0.3) is 0 Å². The van der Waals surface area contributed by atoms with E-state index in [1.165, 1.54) is 0 Å². The summed E-state index contributed by atoms with van der Waals surface area (Å²) in [7, 11) is 1.96. The predicted octanol–water partition coefficient (Wildman–Crippen LogP) is 1.67. The topological polar surface area (TPSA) is 29.0 Å². The molecule has 0 aliphatic heterocycles. The van der Waals surface area contributed by atoms with Crippen LogP contribution in [0.1, 0.15) is 0 Å². The summed E-state index contributed by atoms with van der Waals surface area (Å²) in [6.45, 7) is 0. The van der Waals surface area contributed by atoms with Gasteiger partial charge in [-0.1, -0.05) is 24.8 Å². The molecule has 82 heavy (non-hydrogen) atoms. The summed E-state index contributed by atoms with van der Waals surface area (Å²) in [6.07, 6.45) is 6.77. The smallest absolute Gasteiger partial charge is 0.00506 e. The molecule has 2 aromatic rings. The second-order valence-electron chi connectivity index (χ2n) is 2.81. The summed E-state index contributed by atoms with van der Waals surface area (Å²) in [6, 6.07) is 9.88. The molecule has 274 valence electrons. The van der Waals surface area contributed by atoms with Gasteiger partial charge < -0.3 is 14.9 Å². The van der Waals surface area contributed by atoms with Crippen molar-refractivity contribution in [2.45, 2.75) is 0 Å². The molecule has 0 N–H and O–H groups in total. The standard InChI is InChI=1S/C11H9N3.68Y/c1-14(10-2-6-12-7-3-10)11-4-8-13-9-5-11;;;;;;;;;;;;;;;;;;;;;;;;;;;;;;;;;;;;;;;;;;;;;;;;;;;;;;;;;;;;;;;;;;;;/h2,4,6-9H,1H3;;;;;;;;;;;;;;;;;;;;;;;;;;;;;;;;;;;;;;;;;;;;;;;;;;;;;;;;;;;;;;;;;;;;/q-2;;;;;;;;;;;;;;;;;;;;;;;;;;;;;;;;;;;;;;;;;;;;;;;;;;;;;;;;;;;;;;;;;;;;. The zero-order valence-corrected chi connectivity index (χ0v) is 240. The molecule has 0 atom stereocenters. The van der Waals surface area contributed by atoms with Crippen LogP contribution in [0.3, 0.4) is 0 Å². The number of rotatable bonds is 2. The van der Waals surface area contributed by atoms with Gasteiger partial charge in [0.05, 0.1) is 0 Å². The molecule has 0 aliphatic rings. The van der Waals surface area contributed by atoms with E-state index in [-0.39, 0.29) is 2220 Å². The molecule has 0 unspecified atom stereocenters. The van der Waals surface area contributed by atoms with E-state index >= 15 is 0 Å². The number of anilines is 2. The van der Waals surface area contributed by atoms with E-state index in [2.05, 4.69) is 22.1 Å². The fraction of sp³-hybridized carbons (Fsp3) is 0.0909. The van der Waals surface area contributed by atoms with Crippen LogP contribution in [0.5, 0.6) is 0 Å². The van der Waals surface area contributed by atoms with Gasteiger partial charge in [0.2, 0.25) is 0 Å². The fourth-order valence-electron chi connectivity index (χ4n) is 1.16. The first-order valence-corrected chi connectivity index (χ1v) is 4.25. The van der Waals surface area contributed by atoms with Crippen molar-refractivity contribution in [1.29, 1.82) is 0 Å². The number of hydrogen-bond donors (Lipinski definition) is 0. The first kappa shape index (κ1) is 474. The van der Waals surface area contributed by atoms with Gasteiger partial charge in [0, 0.05) is 2230 Å². The first-order valence-electron chi connectivity index (χ1n) is 4.25. The van der Waals surface area contributed by atoms with Gasteiger partial charge in [0.25, 0.3) is 0 Å². The van der Waals surface area contributed by atoms with Gasteiger partial charge in [-0.25, -0.2) is 12.1 Å². The number of pyridine rings is 2.